The molecule has 0 saturated heterocycles. The first-order valence-corrected chi connectivity index (χ1v) is 19.7. The van der Waals surface area contributed by atoms with Gasteiger partial charge in [-0.15, -0.1) is 0 Å². The molecule has 0 unspecified atom stereocenters. The monoisotopic (exact) mass is 739 g/mol. The van der Waals surface area contributed by atoms with Crippen LogP contribution in [0.4, 0.5) is 0 Å². The first kappa shape index (κ1) is 32.5. The number of nitrogens with zero attached hydrogens (tertiary/aromatic N) is 3. The lowest BCUT2D eigenvalue weighted by Crippen LogP contribution is -2.32. The van der Waals surface area contributed by atoms with Crippen LogP contribution in [-0.4, -0.2) is 15.0 Å². The average molecular weight is 740 g/mol. The van der Waals surface area contributed by atoms with E-state index in [-0.39, 0.29) is 0 Å². The van der Waals surface area contributed by atoms with Crippen LogP contribution in [0.2, 0.25) is 0 Å². The Labute approximate surface area is 335 Å². The van der Waals surface area contributed by atoms with E-state index < -0.39 is 5.41 Å². The molecule has 0 saturated carbocycles. The highest BCUT2D eigenvalue weighted by atomic mass is 16.5. The molecule has 3 heterocycles. The van der Waals surface area contributed by atoms with Crippen molar-refractivity contribution in [3.8, 4) is 67.8 Å². The molecule has 4 heteroatoms. The van der Waals surface area contributed by atoms with E-state index in [1.54, 1.807) is 0 Å². The zero-order valence-corrected chi connectivity index (χ0v) is 31.3. The van der Waals surface area contributed by atoms with Crippen molar-refractivity contribution in [2.24, 2.45) is 0 Å². The summed E-state index contributed by atoms with van der Waals surface area (Å²) in [5.41, 5.74) is 14.5. The number of fused-ring (bicyclic) bond motifs is 12. The van der Waals surface area contributed by atoms with Crippen molar-refractivity contribution >= 4 is 21.7 Å². The van der Waals surface area contributed by atoms with Gasteiger partial charge in [0.05, 0.1) is 28.0 Å². The molecule has 0 atom stereocenters. The lowest BCUT2D eigenvalue weighted by atomic mass is 9.66. The standard InChI is InChI=1S/C54H33N3O/c1-3-15-34(16-4-1)48-33-49(57-53(56-48)37-17-5-2-6-18-37)35-27-29-36(30-28-35)52-42-31-41-38-19-7-9-21-43(38)54(46(41)32-40(42)39-20-8-12-24-47(39)55-52)44-22-10-13-25-50(44)58-51-26-14-11-23-45(51)54/h1-33H. The molecule has 0 bridgehead atoms. The molecule has 8 aromatic carbocycles. The fourth-order valence-electron chi connectivity index (χ4n) is 9.38. The predicted octanol–water partition coefficient (Wildman–Crippen LogP) is 13.3. The second-order valence-electron chi connectivity index (χ2n) is 15.1. The molecular weight excluding hydrogens is 707 g/mol. The number of para-hydroxylation sites is 3. The fraction of sp³-hybridized carbons (Fsp3) is 0.0185. The van der Waals surface area contributed by atoms with Crippen LogP contribution in [0, 0.1) is 0 Å². The van der Waals surface area contributed by atoms with Crippen LogP contribution in [0.15, 0.2) is 200 Å². The number of aromatic nitrogens is 3. The van der Waals surface area contributed by atoms with Crippen LogP contribution in [0.3, 0.4) is 0 Å². The summed E-state index contributed by atoms with van der Waals surface area (Å²) >= 11 is 0. The molecule has 4 nitrogen and oxygen atoms in total. The fourth-order valence-corrected chi connectivity index (χ4v) is 9.38. The van der Waals surface area contributed by atoms with Crippen molar-refractivity contribution in [1.82, 2.24) is 15.0 Å². The van der Waals surface area contributed by atoms with Gasteiger partial charge in [0.1, 0.15) is 11.5 Å². The summed E-state index contributed by atoms with van der Waals surface area (Å²) in [6.07, 6.45) is 0. The molecule has 0 amide bonds. The van der Waals surface area contributed by atoms with E-state index >= 15 is 0 Å². The smallest absolute Gasteiger partial charge is 0.160 e. The van der Waals surface area contributed by atoms with E-state index in [0.29, 0.717) is 5.82 Å². The van der Waals surface area contributed by atoms with Crippen LogP contribution < -0.4 is 4.74 Å². The van der Waals surface area contributed by atoms with Crippen molar-refractivity contribution in [1.29, 1.82) is 0 Å². The predicted molar refractivity (Wildman–Crippen MR) is 234 cm³/mol. The van der Waals surface area contributed by atoms with E-state index in [0.717, 1.165) is 78.3 Å². The van der Waals surface area contributed by atoms with Crippen molar-refractivity contribution in [3.63, 3.8) is 0 Å². The van der Waals surface area contributed by atoms with Crippen molar-refractivity contribution in [2.75, 3.05) is 0 Å². The van der Waals surface area contributed by atoms with Gasteiger partial charge in [0.2, 0.25) is 0 Å². The van der Waals surface area contributed by atoms with Gasteiger partial charge < -0.3 is 4.74 Å². The summed E-state index contributed by atoms with van der Waals surface area (Å²) in [5, 5.41) is 3.42. The van der Waals surface area contributed by atoms with Gasteiger partial charge >= 0.3 is 0 Å². The summed E-state index contributed by atoms with van der Waals surface area (Å²) in [4.78, 5) is 15.5. The summed E-state index contributed by atoms with van der Waals surface area (Å²) in [6, 6.07) is 70.6. The van der Waals surface area contributed by atoms with Crippen molar-refractivity contribution < 1.29 is 4.74 Å². The quantitative estimate of drug-likeness (QED) is 0.169. The third-order valence-corrected chi connectivity index (χ3v) is 11.9. The van der Waals surface area contributed by atoms with E-state index in [9.17, 15) is 0 Å². The van der Waals surface area contributed by atoms with E-state index in [1.165, 1.54) is 27.6 Å². The maximum Gasteiger partial charge on any atom is 0.160 e. The number of ether oxygens (including phenoxy) is 1. The molecule has 270 valence electrons. The molecule has 0 N–H and O–H groups in total. The normalized spacial score (nSPS) is 13.1. The van der Waals surface area contributed by atoms with Crippen LogP contribution >= 0.6 is 0 Å². The minimum Gasteiger partial charge on any atom is -0.457 e. The number of rotatable bonds is 4. The maximum absolute atomic E-state index is 6.61. The number of hydrogen-bond acceptors (Lipinski definition) is 4. The molecule has 12 rings (SSSR count). The van der Waals surface area contributed by atoms with Crippen molar-refractivity contribution in [2.45, 2.75) is 5.41 Å². The molecule has 1 aliphatic heterocycles. The minimum atomic E-state index is -0.549. The van der Waals surface area contributed by atoms with Crippen molar-refractivity contribution in [3.05, 3.63) is 222 Å². The third kappa shape index (κ3) is 4.79. The molecular formula is C54H33N3O. The number of pyridine rings is 1. The average Bonchev–Trinajstić information content (AvgIpc) is 3.58. The Morgan fingerprint density at radius 2 is 0.897 bits per heavy atom. The van der Waals surface area contributed by atoms with Crippen LogP contribution in [0.25, 0.3) is 78.0 Å². The molecule has 2 aromatic heterocycles. The minimum absolute atomic E-state index is 0.549. The first-order valence-electron chi connectivity index (χ1n) is 19.7. The van der Waals surface area contributed by atoms with Gasteiger partial charge in [-0.1, -0.05) is 164 Å². The van der Waals surface area contributed by atoms with Gasteiger partial charge in [0.25, 0.3) is 0 Å². The van der Waals surface area contributed by atoms with Gasteiger partial charge in [0.15, 0.2) is 5.82 Å². The topological polar surface area (TPSA) is 47.9 Å². The highest BCUT2D eigenvalue weighted by Gasteiger charge is 2.51. The Balaban J connectivity index is 1.07. The summed E-state index contributed by atoms with van der Waals surface area (Å²) in [6.45, 7) is 0. The molecule has 1 spiro atoms. The SMILES string of the molecule is c1ccc(-c2cc(-c3ccc(-c4nc5ccccc5c5cc6c(cc45)-c4ccccc4C64c5ccccc5Oc5ccccc54)cc3)nc(-c3ccccc3)n2)cc1. The summed E-state index contributed by atoms with van der Waals surface area (Å²) in [5.74, 6) is 2.48. The van der Waals surface area contributed by atoms with Gasteiger partial charge in [-0.05, 0) is 64.0 Å². The Kier molecular flexibility index (Phi) is 7.11. The lowest BCUT2D eigenvalue weighted by Gasteiger charge is -2.39. The second kappa shape index (κ2) is 12.7. The van der Waals surface area contributed by atoms with Gasteiger partial charge in [-0.3, -0.25) is 0 Å². The first-order chi connectivity index (χ1) is 28.7. The molecule has 58 heavy (non-hydrogen) atoms. The van der Waals surface area contributed by atoms with Gasteiger partial charge in [-0.2, -0.15) is 0 Å². The summed E-state index contributed by atoms with van der Waals surface area (Å²) in [7, 11) is 0. The van der Waals surface area contributed by atoms with E-state index in [1.807, 2.05) is 36.4 Å². The Bertz CT molecular complexity index is 3150. The molecule has 1 aliphatic carbocycles. The zero-order valence-electron chi connectivity index (χ0n) is 31.3. The van der Waals surface area contributed by atoms with Gasteiger partial charge in [0, 0.05) is 44.2 Å². The highest BCUT2D eigenvalue weighted by Crippen LogP contribution is 2.62. The maximum atomic E-state index is 6.61. The zero-order chi connectivity index (χ0) is 38.2. The summed E-state index contributed by atoms with van der Waals surface area (Å²) < 4.78 is 6.61. The van der Waals surface area contributed by atoms with E-state index in [4.69, 9.17) is 19.7 Å². The molecule has 2 aliphatic rings. The molecule has 0 fully saturated rings. The Morgan fingerprint density at radius 1 is 0.345 bits per heavy atom. The largest absolute Gasteiger partial charge is 0.457 e. The third-order valence-electron chi connectivity index (χ3n) is 11.9. The Morgan fingerprint density at radius 3 is 1.60 bits per heavy atom. The lowest BCUT2D eigenvalue weighted by molar-refractivity contribution is 0.436. The molecule has 0 radical (unpaired) electrons. The van der Waals surface area contributed by atoms with Gasteiger partial charge in [-0.25, -0.2) is 15.0 Å². The number of benzene rings is 8. The molecule has 10 aromatic rings. The van der Waals surface area contributed by atoms with Crippen LogP contribution in [0.1, 0.15) is 22.3 Å². The Hall–Kier alpha value is -7.69. The second-order valence-corrected chi connectivity index (χ2v) is 15.1. The highest BCUT2D eigenvalue weighted by molar-refractivity contribution is 6.13. The van der Waals surface area contributed by atoms with Crippen LogP contribution in [-0.2, 0) is 5.41 Å². The number of hydrogen-bond donors (Lipinski definition) is 0. The van der Waals surface area contributed by atoms with E-state index in [2.05, 4.69) is 164 Å². The van der Waals surface area contributed by atoms with Crippen LogP contribution in [0.5, 0.6) is 11.5 Å².